The molecular formula is C20H28Cl2N2O3. The minimum atomic E-state index is -0.486. The number of halogens is 2. The summed E-state index contributed by atoms with van der Waals surface area (Å²) in [7, 11) is 0. The van der Waals surface area contributed by atoms with Crippen molar-refractivity contribution in [2.24, 2.45) is 5.92 Å². The summed E-state index contributed by atoms with van der Waals surface area (Å²) in [5.41, 5.74) is 0.440. The van der Waals surface area contributed by atoms with Crippen LogP contribution in [-0.4, -0.2) is 42.1 Å². The van der Waals surface area contributed by atoms with Crippen molar-refractivity contribution in [2.45, 2.75) is 52.1 Å². The van der Waals surface area contributed by atoms with Gasteiger partial charge in [0.1, 0.15) is 5.60 Å². The van der Waals surface area contributed by atoms with Gasteiger partial charge in [0.25, 0.3) is 0 Å². The van der Waals surface area contributed by atoms with Crippen LogP contribution in [0.3, 0.4) is 0 Å². The minimum Gasteiger partial charge on any atom is -0.444 e. The lowest BCUT2D eigenvalue weighted by atomic mass is 9.93. The summed E-state index contributed by atoms with van der Waals surface area (Å²) in [4.78, 5) is 26.0. The van der Waals surface area contributed by atoms with Gasteiger partial charge in [0.2, 0.25) is 5.91 Å². The van der Waals surface area contributed by atoms with Gasteiger partial charge >= 0.3 is 6.09 Å². The van der Waals surface area contributed by atoms with Crippen LogP contribution in [0.2, 0.25) is 10.0 Å². The molecule has 1 aliphatic rings. The first-order chi connectivity index (χ1) is 12.7. The SMILES string of the molecule is CC(C)(C)OC(=O)N1CCC(CC(=O)NCCc2cccc(Cl)c2Cl)CC1. The zero-order valence-corrected chi connectivity index (χ0v) is 17.7. The third-order valence-corrected chi connectivity index (χ3v) is 5.35. The van der Waals surface area contributed by atoms with Crippen molar-refractivity contribution < 1.29 is 14.3 Å². The maximum Gasteiger partial charge on any atom is 0.410 e. The van der Waals surface area contributed by atoms with E-state index < -0.39 is 5.60 Å². The number of hydrogen-bond acceptors (Lipinski definition) is 3. The van der Waals surface area contributed by atoms with Crippen LogP contribution in [0.5, 0.6) is 0 Å². The van der Waals surface area contributed by atoms with E-state index in [2.05, 4.69) is 5.32 Å². The minimum absolute atomic E-state index is 0.0314. The summed E-state index contributed by atoms with van der Waals surface area (Å²) in [6, 6.07) is 5.51. The zero-order chi connectivity index (χ0) is 20.0. The molecule has 1 aliphatic heterocycles. The maximum absolute atomic E-state index is 12.2. The first kappa shape index (κ1) is 21.8. The van der Waals surface area contributed by atoms with Gasteiger partial charge < -0.3 is 15.0 Å². The second kappa shape index (κ2) is 9.65. The highest BCUT2D eigenvalue weighted by molar-refractivity contribution is 6.42. The summed E-state index contributed by atoms with van der Waals surface area (Å²) in [6.45, 7) is 7.36. The highest BCUT2D eigenvalue weighted by Crippen LogP contribution is 2.26. The van der Waals surface area contributed by atoms with Gasteiger partial charge in [-0.15, -0.1) is 0 Å². The van der Waals surface area contributed by atoms with Gasteiger partial charge in [-0.05, 0) is 57.6 Å². The molecule has 5 nitrogen and oxygen atoms in total. The van der Waals surface area contributed by atoms with Gasteiger partial charge in [-0.2, -0.15) is 0 Å². The number of likely N-dealkylation sites (tertiary alicyclic amines) is 1. The molecule has 0 aliphatic carbocycles. The monoisotopic (exact) mass is 414 g/mol. The number of carbonyl (C=O) groups excluding carboxylic acids is 2. The van der Waals surface area contributed by atoms with Crippen LogP contribution in [-0.2, 0) is 16.0 Å². The summed E-state index contributed by atoms with van der Waals surface area (Å²) in [6.07, 6.45) is 2.47. The van der Waals surface area contributed by atoms with E-state index in [1.807, 2.05) is 32.9 Å². The number of nitrogens with one attached hydrogen (secondary N) is 1. The lowest BCUT2D eigenvalue weighted by molar-refractivity contribution is -0.122. The van der Waals surface area contributed by atoms with Gasteiger partial charge in [-0.3, -0.25) is 4.79 Å². The lowest BCUT2D eigenvalue weighted by Gasteiger charge is -2.33. The summed E-state index contributed by atoms with van der Waals surface area (Å²) in [5, 5.41) is 4.01. The standard InChI is InChI=1S/C20H28Cl2N2O3/c1-20(2,3)27-19(26)24-11-8-14(9-12-24)13-17(25)23-10-7-15-5-4-6-16(21)18(15)22/h4-6,14H,7-13H2,1-3H3,(H,23,25). The third kappa shape index (κ3) is 7.23. The molecule has 1 heterocycles. The normalized spacial score (nSPS) is 15.5. The Balaban J connectivity index is 1.68. The van der Waals surface area contributed by atoms with Crippen LogP contribution in [0, 0.1) is 5.92 Å². The number of hydrogen-bond donors (Lipinski definition) is 1. The summed E-state index contributed by atoms with van der Waals surface area (Å²) in [5.74, 6) is 0.322. The van der Waals surface area contributed by atoms with Crippen molar-refractivity contribution in [3.8, 4) is 0 Å². The molecular weight excluding hydrogens is 387 g/mol. The molecule has 0 aromatic heterocycles. The fourth-order valence-electron chi connectivity index (χ4n) is 3.06. The third-order valence-electron chi connectivity index (χ3n) is 4.49. The molecule has 2 rings (SSSR count). The predicted molar refractivity (Wildman–Crippen MR) is 108 cm³/mol. The summed E-state index contributed by atoms with van der Waals surface area (Å²) >= 11 is 12.2. The number of nitrogens with zero attached hydrogens (tertiary/aromatic N) is 1. The molecule has 1 aromatic rings. The summed E-state index contributed by atoms with van der Waals surface area (Å²) < 4.78 is 5.39. The molecule has 0 unspecified atom stereocenters. The Hall–Kier alpha value is -1.46. The van der Waals surface area contributed by atoms with E-state index in [9.17, 15) is 9.59 Å². The van der Waals surface area contributed by atoms with Crippen molar-refractivity contribution in [1.29, 1.82) is 0 Å². The lowest BCUT2D eigenvalue weighted by Crippen LogP contribution is -2.42. The number of ether oxygens (including phenoxy) is 1. The molecule has 0 atom stereocenters. The fourth-order valence-corrected chi connectivity index (χ4v) is 3.47. The predicted octanol–water partition coefficient (Wildman–Crippen LogP) is 4.69. The van der Waals surface area contributed by atoms with Crippen LogP contribution in [0.4, 0.5) is 4.79 Å². The van der Waals surface area contributed by atoms with E-state index in [0.29, 0.717) is 48.4 Å². The molecule has 7 heteroatoms. The van der Waals surface area contributed by atoms with Crippen LogP contribution >= 0.6 is 23.2 Å². The van der Waals surface area contributed by atoms with Crippen molar-refractivity contribution in [3.05, 3.63) is 33.8 Å². The Morgan fingerprint density at radius 3 is 2.52 bits per heavy atom. The van der Waals surface area contributed by atoms with Crippen molar-refractivity contribution in [1.82, 2.24) is 10.2 Å². The molecule has 1 saturated heterocycles. The van der Waals surface area contributed by atoms with Crippen molar-refractivity contribution in [3.63, 3.8) is 0 Å². The highest BCUT2D eigenvalue weighted by Gasteiger charge is 2.27. The molecule has 1 N–H and O–H groups in total. The molecule has 0 radical (unpaired) electrons. The first-order valence-corrected chi connectivity index (χ1v) is 10.1. The average Bonchev–Trinajstić information content (AvgIpc) is 2.58. The Morgan fingerprint density at radius 1 is 1.22 bits per heavy atom. The highest BCUT2D eigenvalue weighted by atomic mass is 35.5. The van der Waals surface area contributed by atoms with Crippen molar-refractivity contribution >= 4 is 35.2 Å². The fraction of sp³-hybridized carbons (Fsp3) is 0.600. The number of rotatable bonds is 5. The number of carbonyl (C=O) groups is 2. The van der Waals surface area contributed by atoms with Crippen LogP contribution < -0.4 is 5.32 Å². The van der Waals surface area contributed by atoms with E-state index in [0.717, 1.165) is 18.4 Å². The molecule has 150 valence electrons. The Bertz CT molecular complexity index is 666. The molecule has 1 aromatic carbocycles. The molecule has 2 amide bonds. The number of amides is 2. The van der Waals surface area contributed by atoms with Gasteiger partial charge in [-0.25, -0.2) is 4.79 Å². The van der Waals surface area contributed by atoms with Gasteiger partial charge in [-0.1, -0.05) is 35.3 Å². The quantitative estimate of drug-likeness (QED) is 0.759. The molecule has 0 spiro atoms. The number of benzene rings is 1. The van der Waals surface area contributed by atoms with E-state index in [1.165, 1.54) is 0 Å². The Kier molecular flexibility index (Phi) is 7.80. The molecule has 27 heavy (non-hydrogen) atoms. The molecule has 0 saturated carbocycles. The van der Waals surface area contributed by atoms with E-state index in [-0.39, 0.29) is 12.0 Å². The van der Waals surface area contributed by atoms with Crippen molar-refractivity contribution in [2.75, 3.05) is 19.6 Å². The van der Waals surface area contributed by atoms with Gasteiger partial charge in [0.05, 0.1) is 10.0 Å². The van der Waals surface area contributed by atoms with E-state index in [4.69, 9.17) is 27.9 Å². The second-order valence-electron chi connectivity index (χ2n) is 7.93. The van der Waals surface area contributed by atoms with Crippen LogP contribution in [0.1, 0.15) is 45.6 Å². The Morgan fingerprint density at radius 2 is 1.89 bits per heavy atom. The number of piperidine rings is 1. The van der Waals surface area contributed by atoms with E-state index >= 15 is 0 Å². The molecule has 1 fully saturated rings. The topological polar surface area (TPSA) is 58.6 Å². The van der Waals surface area contributed by atoms with Crippen LogP contribution in [0.25, 0.3) is 0 Å². The van der Waals surface area contributed by atoms with Gasteiger partial charge in [0, 0.05) is 26.1 Å². The molecule has 0 bridgehead atoms. The van der Waals surface area contributed by atoms with E-state index in [1.54, 1.807) is 11.0 Å². The van der Waals surface area contributed by atoms with Gasteiger partial charge in [0.15, 0.2) is 0 Å². The van der Waals surface area contributed by atoms with Crippen LogP contribution in [0.15, 0.2) is 18.2 Å². The Labute approximate surface area is 171 Å². The average molecular weight is 415 g/mol. The zero-order valence-electron chi connectivity index (χ0n) is 16.2. The first-order valence-electron chi connectivity index (χ1n) is 9.33. The maximum atomic E-state index is 12.2. The smallest absolute Gasteiger partial charge is 0.410 e. The second-order valence-corrected chi connectivity index (χ2v) is 8.71. The largest absolute Gasteiger partial charge is 0.444 e.